The van der Waals surface area contributed by atoms with Crippen LogP contribution in [0.5, 0.6) is 0 Å². The number of nitrogens with one attached hydrogen (secondary N) is 1. The third-order valence-corrected chi connectivity index (χ3v) is 5.27. The summed E-state index contributed by atoms with van der Waals surface area (Å²) in [5.74, 6) is 0.472. The Kier molecular flexibility index (Phi) is 5.29. The minimum Gasteiger partial charge on any atom is -0.356 e. The zero-order chi connectivity index (χ0) is 20.4. The van der Waals surface area contributed by atoms with Crippen LogP contribution >= 0.6 is 0 Å². The van der Waals surface area contributed by atoms with Crippen LogP contribution in [-0.2, 0) is 9.47 Å². The highest BCUT2D eigenvalue weighted by Gasteiger charge is 2.40. The van der Waals surface area contributed by atoms with Crippen molar-refractivity contribution in [3.8, 4) is 0 Å². The van der Waals surface area contributed by atoms with Crippen LogP contribution in [0, 0.1) is 6.92 Å². The van der Waals surface area contributed by atoms with Gasteiger partial charge in [0.15, 0.2) is 11.6 Å². The lowest BCUT2D eigenvalue weighted by Crippen LogP contribution is -2.45. The van der Waals surface area contributed by atoms with Crippen LogP contribution in [-0.4, -0.2) is 53.7 Å². The summed E-state index contributed by atoms with van der Waals surface area (Å²) in [7, 11) is 0. The fourth-order valence-electron chi connectivity index (χ4n) is 3.68. The summed E-state index contributed by atoms with van der Waals surface area (Å²) in [4.78, 5) is 35.0. The van der Waals surface area contributed by atoms with Crippen LogP contribution in [0.1, 0.15) is 46.4 Å². The number of hydrogen-bond acceptors (Lipinski definition) is 7. The Morgan fingerprint density at radius 3 is 2.34 bits per heavy atom. The maximum atomic E-state index is 12.7. The van der Waals surface area contributed by atoms with Crippen molar-refractivity contribution in [2.75, 3.05) is 36.5 Å². The Labute approximate surface area is 169 Å². The Balaban J connectivity index is 1.46. The first-order valence-corrected chi connectivity index (χ1v) is 9.75. The molecule has 2 fully saturated rings. The van der Waals surface area contributed by atoms with E-state index in [9.17, 15) is 9.59 Å². The second-order valence-corrected chi connectivity index (χ2v) is 7.34. The molecule has 1 amide bonds. The minimum atomic E-state index is -0.454. The van der Waals surface area contributed by atoms with Crippen LogP contribution in [0.4, 0.5) is 11.5 Å². The molecule has 0 saturated carbocycles. The lowest BCUT2D eigenvalue weighted by Gasteiger charge is -2.38. The third-order valence-electron chi connectivity index (χ3n) is 5.27. The second-order valence-electron chi connectivity index (χ2n) is 7.34. The van der Waals surface area contributed by atoms with E-state index in [0.717, 1.165) is 31.7 Å². The number of carbonyl (C=O) groups excluding carboxylic acids is 2. The van der Waals surface area contributed by atoms with Crippen molar-refractivity contribution < 1.29 is 19.1 Å². The molecule has 3 heterocycles. The highest BCUT2D eigenvalue weighted by molar-refractivity contribution is 6.03. The van der Waals surface area contributed by atoms with Crippen molar-refractivity contribution in [1.29, 1.82) is 0 Å². The van der Waals surface area contributed by atoms with Crippen LogP contribution in [0.15, 0.2) is 30.3 Å². The maximum absolute atomic E-state index is 12.7. The number of amides is 1. The lowest BCUT2D eigenvalue weighted by atomic mass is 10.0. The number of carbonyl (C=O) groups is 2. The smallest absolute Gasteiger partial charge is 0.274 e. The molecule has 1 spiro atoms. The highest BCUT2D eigenvalue weighted by Crippen LogP contribution is 2.32. The number of piperidine rings is 1. The molecule has 0 bridgehead atoms. The Bertz CT molecular complexity index is 913. The SMILES string of the molecule is CC(=O)c1ccc(NC(=O)c2cc(N3CCC4(CC3)OCCO4)nc(C)n2)cc1. The molecule has 1 aromatic carbocycles. The van der Waals surface area contributed by atoms with E-state index in [-0.39, 0.29) is 11.7 Å². The molecule has 2 aliphatic heterocycles. The molecule has 0 aliphatic carbocycles. The van der Waals surface area contributed by atoms with Crippen LogP contribution in [0.25, 0.3) is 0 Å². The maximum Gasteiger partial charge on any atom is 0.274 e. The first-order chi connectivity index (χ1) is 13.9. The third kappa shape index (κ3) is 4.28. The Morgan fingerprint density at radius 2 is 1.72 bits per heavy atom. The number of nitrogens with zero attached hydrogens (tertiary/aromatic N) is 3. The van der Waals surface area contributed by atoms with Crippen LogP contribution < -0.4 is 10.2 Å². The number of Topliss-reactive ketones (excluding diaryl/α,β-unsaturated/α-hetero) is 1. The van der Waals surface area contributed by atoms with Crippen molar-refractivity contribution in [3.63, 3.8) is 0 Å². The van der Waals surface area contributed by atoms with Crippen LogP contribution in [0.2, 0.25) is 0 Å². The van der Waals surface area contributed by atoms with Crippen molar-refractivity contribution in [2.24, 2.45) is 0 Å². The van der Waals surface area contributed by atoms with Gasteiger partial charge in [-0.05, 0) is 38.1 Å². The van der Waals surface area contributed by atoms with E-state index in [0.29, 0.717) is 36.0 Å². The molecule has 2 aliphatic rings. The van der Waals surface area contributed by atoms with Gasteiger partial charge in [0.25, 0.3) is 5.91 Å². The quantitative estimate of drug-likeness (QED) is 0.794. The monoisotopic (exact) mass is 396 g/mol. The molecule has 29 heavy (non-hydrogen) atoms. The van der Waals surface area contributed by atoms with Gasteiger partial charge in [0, 0.05) is 43.2 Å². The molecule has 1 aromatic heterocycles. The fraction of sp³-hybridized carbons (Fsp3) is 0.429. The van der Waals surface area contributed by atoms with Gasteiger partial charge >= 0.3 is 0 Å². The number of ketones is 1. The number of aryl methyl sites for hydroxylation is 1. The van der Waals surface area contributed by atoms with Gasteiger partial charge in [0.05, 0.1) is 13.2 Å². The van der Waals surface area contributed by atoms with E-state index < -0.39 is 5.79 Å². The number of aromatic nitrogens is 2. The number of benzene rings is 1. The normalized spacial score (nSPS) is 18.1. The van der Waals surface area contributed by atoms with Gasteiger partial charge in [-0.25, -0.2) is 9.97 Å². The molecule has 1 N–H and O–H groups in total. The van der Waals surface area contributed by atoms with Gasteiger partial charge in [-0.15, -0.1) is 0 Å². The van der Waals surface area contributed by atoms with Gasteiger partial charge < -0.3 is 19.7 Å². The molecule has 8 nitrogen and oxygen atoms in total. The van der Waals surface area contributed by atoms with E-state index >= 15 is 0 Å². The number of anilines is 2. The number of hydrogen-bond donors (Lipinski definition) is 1. The van der Waals surface area contributed by atoms with Gasteiger partial charge in [0.2, 0.25) is 0 Å². The van der Waals surface area contributed by atoms with Gasteiger partial charge in [-0.1, -0.05) is 0 Å². The zero-order valence-electron chi connectivity index (χ0n) is 16.6. The molecule has 4 rings (SSSR count). The summed E-state index contributed by atoms with van der Waals surface area (Å²) < 4.78 is 11.5. The van der Waals surface area contributed by atoms with Gasteiger partial charge in [-0.2, -0.15) is 0 Å². The average Bonchev–Trinajstić information content (AvgIpc) is 3.16. The molecule has 8 heteroatoms. The summed E-state index contributed by atoms with van der Waals surface area (Å²) in [6.45, 7) is 6.05. The van der Waals surface area contributed by atoms with Crippen molar-refractivity contribution >= 4 is 23.2 Å². The molecule has 0 unspecified atom stereocenters. The lowest BCUT2D eigenvalue weighted by molar-refractivity contribution is -0.169. The molecule has 152 valence electrons. The second kappa shape index (κ2) is 7.88. The largest absolute Gasteiger partial charge is 0.356 e. The standard InChI is InChI=1S/C21H24N4O4/c1-14(26)16-3-5-17(6-4-16)24-20(27)18-13-19(23-15(2)22-18)25-9-7-21(8-10-25)28-11-12-29-21/h3-6,13H,7-12H2,1-2H3,(H,24,27). The van der Waals surface area contributed by atoms with E-state index in [2.05, 4.69) is 20.2 Å². The highest BCUT2D eigenvalue weighted by atomic mass is 16.7. The predicted molar refractivity (Wildman–Crippen MR) is 107 cm³/mol. The first kappa shape index (κ1) is 19.5. The van der Waals surface area contributed by atoms with E-state index in [1.807, 2.05) is 0 Å². The first-order valence-electron chi connectivity index (χ1n) is 9.75. The summed E-state index contributed by atoms with van der Waals surface area (Å²) >= 11 is 0. The summed E-state index contributed by atoms with van der Waals surface area (Å²) in [6, 6.07) is 8.49. The molecule has 0 atom stereocenters. The van der Waals surface area contributed by atoms with Gasteiger partial charge in [0.1, 0.15) is 17.3 Å². The molecular weight excluding hydrogens is 372 g/mol. The van der Waals surface area contributed by atoms with Crippen molar-refractivity contribution in [1.82, 2.24) is 9.97 Å². The molecule has 2 saturated heterocycles. The van der Waals surface area contributed by atoms with Gasteiger partial charge in [-0.3, -0.25) is 9.59 Å². The molecule has 2 aromatic rings. The predicted octanol–water partition coefficient (Wildman–Crippen LogP) is 2.58. The molecule has 0 radical (unpaired) electrons. The number of ether oxygens (including phenoxy) is 2. The summed E-state index contributed by atoms with van der Waals surface area (Å²) in [5.41, 5.74) is 1.51. The summed E-state index contributed by atoms with van der Waals surface area (Å²) in [6.07, 6.45) is 1.53. The van der Waals surface area contributed by atoms with Crippen molar-refractivity contribution in [2.45, 2.75) is 32.5 Å². The Morgan fingerprint density at radius 1 is 1.07 bits per heavy atom. The topological polar surface area (TPSA) is 93.7 Å². The van der Waals surface area contributed by atoms with Crippen LogP contribution in [0.3, 0.4) is 0 Å². The average molecular weight is 396 g/mol. The van der Waals surface area contributed by atoms with Crippen molar-refractivity contribution in [3.05, 3.63) is 47.4 Å². The summed E-state index contributed by atoms with van der Waals surface area (Å²) in [5, 5.41) is 2.82. The minimum absolute atomic E-state index is 0.0179. The fourth-order valence-corrected chi connectivity index (χ4v) is 3.68. The van der Waals surface area contributed by atoms with E-state index in [4.69, 9.17) is 9.47 Å². The van der Waals surface area contributed by atoms with E-state index in [1.165, 1.54) is 6.92 Å². The molecular formula is C21H24N4O4. The van der Waals surface area contributed by atoms with E-state index in [1.54, 1.807) is 37.3 Å². The zero-order valence-corrected chi connectivity index (χ0v) is 16.6. The Hall–Kier alpha value is -2.84. The number of rotatable bonds is 4.